The lowest BCUT2D eigenvalue weighted by molar-refractivity contribution is 0.0789. The van der Waals surface area contributed by atoms with E-state index < -0.39 is 0 Å². The molecule has 1 aliphatic heterocycles. The van der Waals surface area contributed by atoms with Gasteiger partial charge in [-0.1, -0.05) is 6.08 Å². The number of hydrogen-bond acceptors (Lipinski definition) is 2. The lowest BCUT2D eigenvalue weighted by atomic mass is 10.2. The molecule has 1 aliphatic rings. The molecule has 0 radical (unpaired) electrons. The molecule has 0 amide bonds. The molecule has 0 fully saturated rings. The fraction of sp³-hybridized carbons (Fsp3) is 0.714. The van der Waals surface area contributed by atoms with E-state index in [9.17, 15) is 0 Å². The van der Waals surface area contributed by atoms with Crippen molar-refractivity contribution in [2.45, 2.75) is 19.4 Å². The molecular weight excluding hydrogens is 114 g/mol. The monoisotopic (exact) mass is 127 g/mol. The zero-order valence-electron chi connectivity index (χ0n) is 5.98. The first kappa shape index (κ1) is 6.62. The molecule has 1 rings (SSSR count). The largest absolute Gasteiger partial charge is 0.390 e. The van der Waals surface area contributed by atoms with E-state index in [1.54, 1.807) is 0 Å². The molecular formula is C7H13NO. The van der Waals surface area contributed by atoms with Crippen molar-refractivity contribution in [1.29, 1.82) is 0 Å². The molecule has 0 saturated carbocycles. The number of nitrogens with one attached hydrogen (secondary N) is 1. The van der Waals surface area contributed by atoms with E-state index >= 15 is 0 Å². The Kier molecular flexibility index (Phi) is 2.11. The van der Waals surface area contributed by atoms with E-state index in [2.05, 4.69) is 18.3 Å². The van der Waals surface area contributed by atoms with Crippen LogP contribution in [0, 0.1) is 0 Å². The molecule has 1 atom stereocenters. The van der Waals surface area contributed by atoms with E-state index in [0.717, 1.165) is 13.0 Å². The van der Waals surface area contributed by atoms with Crippen LogP contribution in [0.2, 0.25) is 0 Å². The fourth-order valence-electron chi connectivity index (χ4n) is 1.02. The van der Waals surface area contributed by atoms with Gasteiger partial charge in [-0.05, 0) is 13.3 Å². The first-order valence-electron chi connectivity index (χ1n) is 3.34. The third kappa shape index (κ3) is 1.45. The van der Waals surface area contributed by atoms with E-state index in [0.29, 0.717) is 0 Å². The normalized spacial score (nSPS) is 27.3. The Morgan fingerprint density at radius 3 is 3.00 bits per heavy atom. The van der Waals surface area contributed by atoms with E-state index in [1.165, 1.54) is 5.70 Å². The zero-order valence-corrected chi connectivity index (χ0v) is 5.98. The van der Waals surface area contributed by atoms with Crippen LogP contribution in [0.25, 0.3) is 0 Å². The Hall–Kier alpha value is -0.500. The molecule has 0 unspecified atom stereocenters. The zero-order chi connectivity index (χ0) is 6.69. The van der Waals surface area contributed by atoms with Gasteiger partial charge in [-0.25, -0.2) is 0 Å². The van der Waals surface area contributed by atoms with Crippen molar-refractivity contribution in [1.82, 2.24) is 5.32 Å². The Balaban J connectivity index is 2.53. The van der Waals surface area contributed by atoms with Gasteiger partial charge in [-0.3, -0.25) is 0 Å². The van der Waals surface area contributed by atoms with Gasteiger partial charge in [0.1, 0.15) is 0 Å². The Labute approximate surface area is 55.9 Å². The van der Waals surface area contributed by atoms with Crippen LogP contribution in [0.1, 0.15) is 13.3 Å². The summed E-state index contributed by atoms with van der Waals surface area (Å²) in [6.45, 7) is 2.92. The summed E-state index contributed by atoms with van der Waals surface area (Å²) in [5.74, 6) is 0. The molecule has 0 aromatic heterocycles. The SMILES string of the molecule is CNC1=CCCO[C@@H]1C. The van der Waals surface area contributed by atoms with Crippen molar-refractivity contribution >= 4 is 0 Å². The van der Waals surface area contributed by atoms with Crippen LogP contribution in [-0.4, -0.2) is 19.8 Å². The highest BCUT2D eigenvalue weighted by molar-refractivity contribution is 5.06. The van der Waals surface area contributed by atoms with Gasteiger partial charge in [-0.2, -0.15) is 0 Å². The van der Waals surface area contributed by atoms with Crippen LogP contribution in [0.4, 0.5) is 0 Å². The second-order valence-corrected chi connectivity index (χ2v) is 2.21. The fourth-order valence-corrected chi connectivity index (χ4v) is 1.02. The average Bonchev–Trinajstić information content (AvgIpc) is 1.89. The van der Waals surface area contributed by atoms with Gasteiger partial charge >= 0.3 is 0 Å². The molecule has 9 heavy (non-hydrogen) atoms. The third-order valence-electron chi connectivity index (χ3n) is 1.58. The molecule has 0 saturated heterocycles. The molecule has 1 N–H and O–H groups in total. The van der Waals surface area contributed by atoms with E-state index in [-0.39, 0.29) is 6.10 Å². The number of hydrogen-bond donors (Lipinski definition) is 1. The molecule has 0 aromatic carbocycles. The van der Waals surface area contributed by atoms with Crippen LogP contribution < -0.4 is 5.32 Å². The maximum absolute atomic E-state index is 5.35. The minimum Gasteiger partial charge on any atom is -0.390 e. The molecule has 1 heterocycles. The predicted octanol–water partition coefficient (Wildman–Crippen LogP) is 0.899. The van der Waals surface area contributed by atoms with Gasteiger partial charge in [0.25, 0.3) is 0 Å². The van der Waals surface area contributed by atoms with E-state index in [1.807, 2.05) is 7.05 Å². The molecule has 2 nitrogen and oxygen atoms in total. The summed E-state index contributed by atoms with van der Waals surface area (Å²) >= 11 is 0. The maximum Gasteiger partial charge on any atom is 0.0937 e. The highest BCUT2D eigenvalue weighted by Gasteiger charge is 2.10. The van der Waals surface area contributed by atoms with Gasteiger partial charge in [0.2, 0.25) is 0 Å². The molecule has 2 heteroatoms. The highest BCUT2D eigenvalue weighted by atomic mass is 16.5. The Bertz CT molecular complexity index is 120. The second-order valence-electron chi connectivity index (χ2n) is 2.21. The summed E-state index contributed by atoms with van der Waals surface area (Å²) in [4.78, 5) is 0. The summed E-state index contributed by atoms with van der Waals surface area (Å²) in [6, 6.07) is 0. The first-order chi connectivity index (χ1) is 4.34. The van der Waals surface area contributed by atoms with Crippen LogP contribution >= 0.6 is 0 Å². The van der Waals surface area contributed by atoms with Gasteiger partial charge in [0, 0.05) is 12.7 Å². The first-order valence-corrected chi connectivity index (χ1v) is 3.34. The van der Waals surface area contributed by atoms with Crippen molar-refractivity contribution in [2.75, 3.05) is 13.7 Å². The van der Waals surface area contributed by atoms with Crippen molar-refractivity contribution in [3.05, 3.63) is 11.8 Å². The molecule has 52 valence electrons. The summed E-state index contributed by atoms with van der Waals surface area (Å²) in [6.07, 6.45) is 3.50. The van der Waals surface area contributed by atoms with Crippen molar-refractivity contribution in [3.63, 3.8) is 0 Å². The minimum absolute atomic E-state index is 0.267. The molecule has 0 bridgehead atoms. The molecule has 0 aliphatic carbocycles. The number of likely N-dealkylation sites (N-methyl/N-ethyl adjacent to an activating group) is 1. The number of rotatable bonds is 1. The van der Waals surface area contributed by atoms with Gasteiger partial charge in [0.05, 0.1) is 12.7 Å². The third-order valence-corrected chi connectivity index (χ3v) is 1.58. The van der Waals surface area contributed by atoms with Gasteiger partial charge in [-0.15, -0.1) is 0 Å². The summed E-state index contributed by atoms with van der Waals surface area (Å²) in [5, 5.41) is 3.09. The Morgan fingerprint density at radius 2 is 2.56 bits per heavy atom. The predicted molar refractivity (Wildman–Crippen MR) is 37.2 cm³/mol. The van der Waals surface area contributed by atoms with Gasteiger partial charge in [0.15, 0.2) is 0 Å². The van der Waals surface area contributed by atoms with Crippen LogP contribution in [-0.2, 0) is 4.74 Å². The van der Waals surface area contributed by atoms with Crippen molar-refractivity contribution in [3.8, 4) is 0 Å². The smallest absolute Gasteiger partial charge is 0.0937 e. The van der Waals surface area contributed by atoms with E-state index in [4.69, 9.17) is 4.74 Å². The van der Waals surface area contributed by atoms with Gasteiger partial charge < -0.3 is 10.1 Å². The lowest BCUT2D eigenvalue weighted by Gasteiger charge is -2.20. The summed E-state index contributed by atoms with van der Waals surface area (Å²) in [7, 11) is 1.93. The summed E-state index contributed by atoms with van der Waals surface area (Å²) in [5.41, 5.74) is 1.21. The summed E-state index contributed by atoms with van der Waals surface area (Å²) < 4.78 is 5.35. The topological polar surface area (TPSA) is 21.3 Å². The average molecular weight is 127 g/mol. The standard InChI is InChI=1S/C7H13NO/c1-6-7(8-2)4-3-5-9-6/h4,6,8H,3,5H2,1-2H3/t6-/m1/s1. The molecule has 0 aromatic rings. The second kappa shape index (κ2) is 2.87. The van der Waals surface area contributed by atoms with Crippen LogP contribution in [0.3, 0.4) is 0 Å². The quantitative estimate of drug-likeness (QED) is 0.565. The minimum atomic E-state index is 0.267. The Morgan fingerprint density at radius 1 is 1.78 bits per heavy atom. The lowest BCUT2D eigenvalue weighted by Crippen LogP contribution is -2.24. The van der Waals surface area contributed by atoms with Crippen molar-refractivity contribution in [2.24, 2.45) is 0 Å². The van der Waals surface area contributed by atoms with Crippen molar-refractivity contribution < 1.29 is 4.74 Å². The van der Waals surface area contributed by atoms with Crippen LogP contribution in [0.15, 0.2) is 11.8 Å². The highest BCUT2D eigenvalue weighted by Crippen LogP contribution is 2.09. The van der Waals surface area contributed by atoms with Crippen LogP contribution in [0.5, 0.6) is 0 Å². The number of ether oxygens (including phenoxy) is 1. The molecule has 0 spiro atoms. The maximum atomic E-state index is 5.35.